The second-order valence-electron chi connectivity index (χ2n) is 6.50. The molecule has 0 radical (unpaired) electrons. The molecule has 0 aromatic heterocycles. The van der Waals surface area contributed by atoms with Crippen LogP contribution in [-0.2, 0) is 4.79 Å². The lowest BCUT2D eigenvalue weighted by Gasteiger charge is -2.64. The Morgan fingerprint density at radius 2 is 1.63 bits per heavy atom. The second kappa shape index (κ2) is 6.06. The van der Waals surface area contributed by atoms with Crippen molar-refractivity contribution in [3.63, 3.8) is 0 Å². The number of unbranched alkanes of at least 4 members (excludes halogenated alkanes) is 6. The summed E-state index contributed by atoms with van der Waals surface area (Å²) in [4.78, 5) is 10.3. The van der Waals surface area contributed by atoms with Crippen LogP contribution in [-0.4, -0.2) is 16.7 Å². The highest BCUT2D eigenvalue weighted by Crippen LogP contribution is 2.70. The number of rotatable bonds is 10. The number of allylic oxidation sites excluding steroid dienone is 2. The van der Waals surface area contributed by atoms with Crippen LogP contribution in [0.2, 0.25) is 0 Å². The number of aliphatic carboxylic acids is 1. The third kappa shape index (κ3) is 4.05. The first kappa shape index (κ1) is 14.5. The molecule has 0 aromatic rings. The molecule has 3 fully saturated rings. The largest absolute Gasteiger partial charge is 0.481 e. The average molecular weight is 268 g/mol. The standard InChI is InChI=1S/C16H25FO2/c17-16-11-15(12-16,13-16)10-8-6-4-2-1-3-5-7-9-14(18)19/h8,10H,1-7,9,11-13H2,(H,18,19). The third-order valence-corrected chi connectivity index (χ3v) is 4.49. The molecule has 0 heterocycles. The molecule has 3 aliphatic carbocycles. The Hall–Kier alpha value is -0.860. The Balaban J connectivity index is 1.37. The average Bonchev–Trinajstić information content (AvgIpc) is 2.27. The van der Waals surface area contributed by atoms with E-state index in [-0.39, 0.29) is 5.41 Å². The smallest absolute Gasteiger partial charge is 0.303 e. The van der Waals surface area contributed by atoms with Crippen molar-refractivity contribution in [2.45, 2.75) is 76.3 Å². The maximum atomic E-state index is 13.3. The lowest BCUT2D eigenvalue weighted by Crippen LogP contribution is -2.63. The summed E-state index contributed by atoms with van der Waals surface area (Å²) < 4.78 is 13.3. The summed E-state index contributed by atoms with van der Waals surface area (Å²) in [6.07, 6.45) is 14.8. The van der Waals surface area contributed by atoms with Gasteiger partial charge in [-0.2, -0.15) is 0 Å². The molecule has 0 atom stereocenters. The second-order valence-corrected chi connectivity index (χ2v) is 6.50. The predicted octanol–water partition coefficient (Wildman–Crippen LogP) is 4.64. The van der Waals surface area contributed by atoms with E-state index in [1.807, 2.05) is 0 Å². The quantitative estimate of drug-likeness (QED) is 0.463. The van der Waals surface area contributed by atoms with E-state index in [1.165, 1.54) is 19.3 Å². The zero-order valence-corrected chi connectivity index (χ0v) is 11.7. The van der Waals surface area contributed by atoms with Crippen molar-refractivity contribution in [2.75, 3.05) is 0 Å². The van der Waals surface area contributed by atoms with Crippen LogP contribution in [0, 0.1) is 5.41 Å². The van der Waals surface area contributed by atoms with E-state index < -0.39 is 11.6 Å². The van der Waals surface area contributed by atoms with Gasteiger partial charge in [-0.15, -0.1) is 0 Å². The van der Waals surface area contributed by atoms with E-state index in [9.17, 15) is 9.18 Å². The van der Waals surface area contributed by atoms with Gasteiger partial charge in [-0.25, -0.2) is 4.39 Å². The molecule has 19 heavy (non-hydrogen) atoms. The number of alkyl halides is 1. The molecule has 108 valence electrons. The van der Waals surface area contributed by atoms with Crippen LogP contribution >= 0.6 is 0 Å². The minimum Gasteiger partial charge on any atom is -0.481 e. The van der Waals surface area contributed by atoms with Gasteiger partial charge >= 0.3 is 5.97 Å². The number of hydrogen-bond donors (Lipinski definition) is 1. The van der Waals surface area contributed by atoms with Crippen LogP contribution in [0.5, 0.6) is 0 Å². The Kier molecular flexibility index (Phi) is 4.64. The third-order valence-electron chi connectivity index (χ3n) is 4.49. The van der Waals surface area contributed by atoms with E-state index in [4.69, 9.17) is 5.11 Å². The Bertz CT molecular complexity index is 329. The zero-order valence-electron chi connectivity index (χ0n) is 11.7. The van der Waals surface area contributed by atoms with E-state index in [2.05, 4.69) is 12.2 Å². The number of carboxylic acids is 1. The minimum absolute atomic E-state index is 0.256. The van der Waals surface area contributed by atoms with Gasteiger partial charge in [0, 0.05) is 6.42 Å². The molecule has 0 amide bonds. The summed E-state index contributed by atoms with van der Waals surface area (Å²) in [6.45, 7) is 0. The monoisotopic (exact) mass is 268 g/mol. The molecule has 3 heteroatoms. The maximum absolute atomic E-state index is 13.3. The number of halogens is 1. The predicted molar refractivity (Wildman–Crippen MR) is 73.8 cm³/mol. The lowest BCUT2D eigenvalue weighted by atomic mass is 9.42. The Morgan fingerprint density at radius 1 is 1.05 bits per heavy atom. The Morgan fingerprint density at radius 3 is 2.21 bits per heavy atom. The summed E-state index contributed by atoms with van der Waals surface area (Å²) in [6, 6.07) is 0. The molecule has 2 nitrogen and oxygen atoms in total. The van der Waals surface area contributed by atoms with Crippen LogP contribution in [0.15, 0.2) is 12.2 Å². The van der Waals surface area contributed by atoms with E-state index >= 15 is 0 Å². The van der Waals surface area contributed by atoms with Crippen molar-refractivity contribution >= 4 is 5.97 Å². The topological polar surface area (TPSA) is 37.3 Å². The van der Waals surface area contributed by atoms with E-state index in [0.29, 0.717) is 6.42 Å². The summed E-state index contributed by atoms with van der Waals surface area (Å²) in [5.41, 5.74) is -0.522. The molecular weight excluding hydrogens is 243 g/mol. The first-order valence-corrected chi connectivity index (χ1v) is 7.62. The highest BCUT2D eigenvalue weighted by molar-refractivity contribution is 5.66. The van der Waals surface area contributed by atoms with Gasteiger partial charge in [-0.3, -0.25) is 4.79 Å². The van der Waals surface area contributed by atoms with Gasteiger partial charge in [0.05, 0.1) is 0 Å². The van der Waals surface area contributed by atoms with Crippen LogP contribution in [0.1, 0.15) is 70.6 Å². The van der Waals surface area contributed by atoms with Crippen molar-refractivity contribution in [2.24, 2.45) is 5.41 Å². The summed E-state index contributed by atoms with van der Waals surface area (Å²) in [7, 11) is 0. The molecular formula is C16H25FO2. The zero-order chi connectivity index (χ0) is 13.8. The fourth-order valence-corrected chi connectivity index (χ4v) is 3.49. The molecule has 3 rings (SSSR count). The first-order chi connectivity index (χ1) is 9.04. The van der Waals surface area contributed by atoms with Crippen LogP contribution in [0.3, 0.4) is 0 Å². The summed E-state index contributed by atoms with van der Waals surface area (Å²) >= 11 is 0. The summed E-state index contributed by atoms with van der Waals surface area (Å²) in [5, 5.41) is 8.49. The number of hydrogen-bond acceptors (Lipinski definition) is 1. The molecule has 1 N–H and O–H groups in total. The van der Waals surface area contributed by atoms with Crippen LogP contribution in [0.25, 0.3) is 0 Å². The highest BCUT2D eigenvalue weighted by Gasteiger charge is 2.67. The van der Waals surface area contributed by atoms with Gasteiger partial charge in [0.25, 0.3) is 0 Å². The van der Waals surface area contributed by atoms with Crippen molar-refractivity contribution in [1.29, 1.82) is 0 Å². The fourth-order valence-electron chi connectivity index (χ4n) is 3.49. The first-order valence-electron chi connectivity index (χ1n) is 7.62. The number of carboxylic acid groups (broad SMARTS) is 1. The van der Waals surface area contributed by atoms with Crippen molar-refractivity contribution in [1.82, 2.24) is 0 Å². The fraction of sp³-hybridized carbons (Fsp3) is 0.812. The molecule has 0 aromatic carbocycles. The minimum atomic E-state index is -0.777. The van der Waals surface area contributed by atoms with Gasteiger partial charge in [-0.05, 0) is 43.9 Å². The maximum Gasteiger partial charge on any atom is 0.303 e. The molecule has 0 aliphatic heterocycles. The van der Waals surface area contributed by atoms with Crippen molar-refractivity contribution < 1.29 is 14.3 Å². The molecule has 0 spiro atoms. The summed E-state index contributed by atoms with van der Waals surface area (Å²) in [5.74, 6) is -0.686. The molecule has 0 saturated heterocycles. The van der Waals surface area contributed by atoms with Crippen LogP contribution in [0.4, 0.5) is 4.39 Å². The molecule has 2 bridgehead atoms. The Labute approximate surface area is 115 Å². The van der Waals surface area contributed by atoms with Gasteiger partial charge in [0.2, 0.25) is 0 Å². The van der Waals surface area contributed by atoms with Gasteiger partial charge in [-0.1, -0.05) is 37.8 Å². The molecule has 3 aliphatic rings. The van der Waals surface area contributed by atoms with Gasteiger partial charge in [0.15, 0.2) is 0 Å². The van der Waals surface area contributed by atoms with Gasteiger partial charge in [0.1, 0.15) is 5.67 Å². The van der Waals surface area contributed by atoms with E-state index in [1.54, 1.807) is 0 Å². The molecule has 0 unspecified atom stereocenters. The SMILES string of the molecule is O=C(O)CCCCCCCCC=CC12CC(F)(C1)C2. The van der Waals surface area contributed by atoms with Crippen molar-refractivity contribution in [3.8, 4) is 0 Å². The lowest BCUT2D eigenvalue weighted by molar-refractivity contribution is -0.182. The van der Waals surface area contributed by atoms with Gasteiger partial charge < -0.3 is 5.11 Å². The van der Waals surface area contributed by atoms with E-state index in [0.717, 1.165) is 44.9 Å². The molecule has 3 saturated carbocycles. The normalized spacial score (nSPS) is 32.1. The van der Waals surface area contributed by atoms with Crippen molar-refractivity contribution in [3.05, 3.63) is 12.2 Å². The van der Waals surface area contributed by atoms with Crippen LogP contribution < -0.4 is 0 Å². The highest BCUT2D eigenvalue weighted by atomic mass is 19.1. The number of carbonyl (C=O) groups is 1.